The number of hydrogen-bond donors (Lipinski definition) is 0. The van der Waals surface area contributed by atoms with Crippen LogP contribution in [0.2, 0.25) is 0 Å². The van der Waals surface area contributed by atoms with E-state index in [1.165, 1.54) is 6.07 Å². The molecule has 3 rings (SSSR count). The number of benzene rings is 1. The Morgan fingerprint density at radius 3 is 2.05 bits per heavy atom. The first kappa shape index (κ1) is 12.6. The Morgan fingerprint density at radius 2 is 1.53 bits per heavy atom. The second-order valence-electron chi connectivity index (χ2n) is 5.48. The van der Waals surface area contributed by atoms with Crippen LogP contribution in [-0.4, -0.2) is 22.9 Å². The van der Waals surface area contributed by atoms with Gasteiger partial charge in [-0.3, -0.25) is 4.79 Å². The molecular weight excluding hydrogens is 248 g/mol. The van der Waals surface area contributed by atoms with Gasteiger partial charge in [0.2, 0.25) is 0 Å². The second-order valence-corrected chi connectivity index (χ2v) is 5.48. The zero-order valence-corrected chi connectivity index (χ0v) is 10.7. The van der Waals surface area contributed by atoms with Crippen LogP contribution in [-0.2, 0) is 0 Å². The summed E-state index contributed by atoms with van der Waals surface area (Å²) < 4.78 is 27.5. The summed E-state index contributed by atoms with van der Waals surface area (Å²) in [4.78, 5) is 14.2. The topological polar surface area (TPSA) is 20.3 Å². The molecule has 0 aromatic heterocycles. The van der Waals surface area contributed by atoms with Gasteiger partial charge in [0.1, 0.15) is 17.2 Å². The quantitative estimate of drug-likeness (QED) is 0.819. The van der Waals surface area contributed by atoms with Crippen molar-refractivity contribution < 1.29 is 13.6 Å². The summed E-state index contributed by atoms with van der Waals surface area (Å²) in [7, 11) is 0. The fourth-order valence-electron chi connectivity index (χ4n) is 3.00. The maximum Gasteiger partial charge on any atom is 0.260 e. The van der Waals surface area contributed by atoms with Crippen LogP contribution in [0.25, 0.3) is 0 Å². The largest absolute Gasteiger partial charge is 0.332 e. The van der Waals surface area contributed by atoms with Crippen molar-refractivity contribution in [1.82, 2.24) is 4.90 Å². The van der Waals surface area contributed by atoms with Gasteiger partial charge in [-0.2, -0.15) is 0 Å². The molecule has 0 aliphatic heterocycles. The summed E-state index contributed by atoms with van der Waals surface area (Å²) in [6.45, 7) is 0. The smallest absolute Gasteiger partial charge is 0.260 e. The number of rotatable bonds is 3. The predicted octanol–water partition coefficient (Wildman–Crippen LogP) is 3.51. The van der Waals surface area contributed by atoms with Crippen molar-refractivity contribution in [3.63, 3.8) is 0 Å². The van der Waals surface area contributed by atoms with E-state index < -0.39 is 17.5 Å². The van der Waals surface area contributed by atoms with Crippen molar-refractivity contribution in [3.8, 4) is 0 Å². The molecule has 102 valence electrons. The molecule has 0 spiro atoms. The molecule has 0 atom stereocenters. The molecule has 2 nitrogen and oxygen atoms in total. The Balaban J connectivity index is 1.91. The van der Waals surface area contributed by atoms with Gasteiger partial charge >= 0.3 is 0 Å². The zero-order chi connectivity index (χ0) is 13.4. The minimum Gasteiger partial charge on any atom is -0.332 e. The summed E-state index contributed by atoms with van der Waals surface area (Å²) in [6.07, 6.45) is 6.02. The third-order valence-electron chi connectivity index (χ3n) is 4.07. The summed E-state index contributed by atoms with van der Waals surface area (Å²) in [6, 6.07) is 3.94. The molecule has 0 radical (unpaired) electrons. The van der Waals surface area contributed by atoms with Crippen molar-refractivity contribution in [1.29, 1.82) is 0 Å². The minimum absolute atomic E-state index is 0.166. The van der Waals surface area contributed by atoms with E-state index in [9.17, 15) is 13.6 Å². The molecule has 2 fully saturated rings. The van der Waals surface area contributed by atoms with Crippen LogP contribution in [0, 0.1) is 11.6 Å². The molecule has 2 aliphatic carbocycles. The maximum atomic E-state index is 13.7. The Bertz CT molecular complexity index is 473. The molecule has 0 bridgehead atoms. The van der Waals surface area contributed by atoms with Crippen LogP contribution in [0.4, 0.5) is 8.78 Å². The first-order valence-electron chi connectivity index (χ1n) is 6.95. The molecule has 1 aromatic carbocycles. The number of nitrogens with zero attached hydrogens (tertiary/aromatic N) is 1. The van der Waals surface area contributed by atoms with Crippen LogP contribution in [0.1, 0.15) is 48.9 Å². The lowest BCUT2D eigenvalue weighted by Gasteiger charge is -2.29. The van der Waals surface area contributed by atoms with E-state index in [4.69, 9.17) is 0 Å². The lowest BCUT2D eigenvalue weighted by Crippen LogP contribution is -2.41. The van der Waals surface area contributed by atoms with Crippen LogP contribution >= 0.6 is 0 Å². The highest BCUT2D eigenvalue weighted by Gasteiger charge is 2.40. The average Bonchev–Trinajstić information content (AvgIpc) is 3.04. The van der Waals surface area contributed by atoms with Gasteiger partial charge in [-0.1, -0.05) is 18.9 Å². The number of carbonyl (C=O) groups excluding carboxylic acids is 1. The van der Waals surface area contributed by atoms with Crippen molar-refractivity contribution >= 4 is 5.91 Å². The Hall–Kier alpha value is -1.45. The van der Waals surface area contributed by atoms with E-state index in [-0.39, 0.29) is 17.6 Å². The van der Waals surface area contributed by atoms with E-state index in [0.717, 1.165) is 50.7 Å². The van der Waals surface area contributed by atoms with Crippen molar-refractivity contribution in [2.24, 2.45) is 0 Å². The van der Waals surface area contributed by atoms with Gasteiger partial charge in [-0.25, -0.2) is 8.78 Å². The average molecular weight is 265 g/mol. The third kappa shape index (κ3) is 2.36. The minimum atomic E-state index is -0.756. The van der Waals surface area contributed by atoms with Crippen LogP contribution in [0.5, 0.6) is 0 Å². The van der Waals surface area contributed by atoms with E-state index in [1.807, 2.05) is 0 Å². The van der Waals surface area contributed by atoms with E-state index in [0.29, 0.717) is 0 Å². The van der Waals surface area contributed by atoms with Gasteiger partial charge in [-0.15, -0.1) is 0 Å². The summed E-state index contributed by atoms with van der Waals surface area (Å²) >= 11 is 0. The first-order valence-corrected chi connectivity index (χ1v) is 6.95. The predicted molar refractivity (Wildman–Crippen MR) is 67.8 cm³/mol. The Morgan fingerprint density at radius 1 is 1.00 bits per heavy atom. The van der Waals surface area contributed by atoms with Gasteiger partial charge in [-0.05, 0) is 37.8 Å². The molecular formula is C15H17F2NO. The SMILES string of the molecule is O=C(c1c(F)cccc1F)N(C1CCCC1)C1CC1. The van der Waals surface area contributed by atoms with Crippen LogP contribution in [0.15, 0.2) is 18.2 Å². The molecule has 0 heterocycles. The van der Waals surface area contributed by atoms with Crippen LogP contribution < -0.4 is 0 Å². The van der Waals surface area contributed by atoms with Crippen LogP contribution in [0.3, 0.4) is 0 Å². The van der Waals surface area contributed by atoms with Gasteiger partial charge in [0.15, 0.2) is 0 Å². The lowest BCUT2D eigenvalue weighted by molar-refractivity contribution is 0.0654. The molecule has 1 aromatic rings. The first-order chi connectivity index (χ1) is 9.18. The monoisotopic (exact) mass is 265 g/mol. The number of halogens is 2. The molecule has 0 unspecified atom stereocenters. The highest BCUT2D eigenvalue weighted by Crippen LogP contribution is 2.36. The lowest BCUT2D eigenvalue weighted by atomic mass is 10.1. The molecule has 1 amide bonds. The molecule has 4 heteroatoms. The zero-order valence-electron chi connectivity index (χ0n) is 10.7. The molecule has 2 saturated carbocycles. The molecule has 0 N–H and O–H groups in total. The van der Waals surface area contributed by atoms with Gasteiger partial charge < -0.3 is 4.90 Å². The summed E-state index contributed by atoms with van der Waals surface area (Å²) in [5.41, 5.74) is -0.388. The van der Waals surface area contributed by atoms with Gasteiger partial charge in [0.05, 0.1) is 0 Å². The number of amides is 1. The molecule has 2 aliphatic rings. The Labute approximate surface area is 111 Å². The van der Waals surface area contributed by atoms with Crippen molar-refractivity contribution in [2.45, 2.75) is 50.6 Å². The normalized spacial score (nSPS) is 19.7. The van der Waals surface area contributed by atoms with Gasteiger partial charge in [0, 0.05) is 12.1 Å². The maximum absolute atomic E-state index is 13.7. The van der Waals surface area contributed by atoms with Crippen molar-refractivity contribution in [3.05, 3.63) is 35.4 Å². The van der Waals surface area contributed by atoms with Crippen molar-refractivity contribution in [2.75, 3.05) is 0 Å². The highest BCUT2D eigenvalue weighted by molar-refractivity contribution is 5.95. The summed E-state index contributed by atoms with van der Waals surface area (Å²) in [5.74, 6) is -1.98. The standard InChI is InChI=1S/C15H17F2NO/c16-12-6-3-7-13(17)14(12)15(19)18(11-8-9-11)10-4-1-2-5-10/h3,6-7,10-11H,1-2,4-5,8-9H2. The van der Waals surface area contributed by atoms with Gasteiger partial charge in [0.25, 0.3) is 5.91 Å². The fourth-order valence-corrected chi connectivity index (χ4v) is 3.00. The summed E-state index contributed by atoms with van der Waals surface area (Å²) in [5, 5.41) is 0. The van der Waals surface area contributed by atoms with E-state index in [1.54, 1.807) is 4.90 Å². The number of carbonyl (C=O) groups is 1. The Kier molecular flexibility index (Phi) is 3.25. The van der Waals surface area contributed by atoms with E-state index in [2.05, 4.69) is 0 Å². The molecule has 0 saturated heterocycles. The third-order valence-corrected chi connectivity index (χ3v) is 4.07. The number of hydrogen-bond acceptors (Lipinski definition) is 1. The molecule has 19 heavy (non-hydrogen) atoms. The van der Waals surface area contributed by atoms with E-state index >= 15 is 0 Å². The highest BCUT2D eigenvalue weighted by atomic mass is 19.1. The fraction of sp³-hybridized carbons (Fsp3) is 0.533. The second kappa shape index (κ2) is 4.91.